The van der Waals surface area contributed by atoms with E-state index in [1.165, 1.54) is 0 Å². The largest absolute Gasteiger partial charge is 0.463 e. The number of aromatic nitrogens is 1. The highest BCUT2D eigenvalue weighted by atomic mass is 16.6. The molecule has 1 aromatic rings. The van der Waals surface area contributed by atoms with Crippen LogP contribution in [0.4, 0.5) is 0 Å². The zero-order valence-corrected chi connectivity index (χ0v) is 13.6. The van der Waals surface area contributed by atoms with Gasteiger partial charge in [-0.1, -0.05) is 19.8 Å². The van der Waals surface area contributed by atoms with E-state index in [0.717, 1.165) is 32.1 Å². The molecule has 1 fully saturated rings. The molecule has 23 heavy (non-hydrogen) atoms. The summed E-state index contributed by atoms with van der Waals surface area (Å²) in [5, 5.41) is 0. The Morgan fingerprint density at radius 1 is 1.39 bits per heavy atom. The molecule has 0 spiro atoms. The van der Waals surface area contributed by atoms with Crippen molar-refractivity contribution in [2.45, 2.75) is 57.8 Å². The van der Waals surface area contributed by atoms with Crippen LogP contribution in [0.2, 0.25) is 0 Å². The highest BCUT2D eigenvalue weighted by molar-refractivity contribution is 5.92. The smallest absolute Gasteiger partial charge is 0.305 e. The van der Waals surface area contributed by atoms with E-state index >= 15 is 0 Å². The molecule has 0 unspecified atom stereocenters. The number of hydrogen-bond acceptors (Lipinski definition) is 4. The lowest BCUT2D eigenvalue weighted by atomic mass is 10.2. The van der Waals surface area contributed by atoms with Crippen LogP contribution in [-0.2, 0) is 14.3 Å². The molecule has 1 saturated heterocycles. The Balaban J connectivity index is 1.79. The monoisotopic (exact) mass is 321 g/mol. The second kappa shape index (κ2) is 8.62. The fourth-order valence-electron chi connectivity index (χ4n) is 2.62. The van der Waals surface area contributed by atoms with E-state index in [-0.39, 0.29) is 24.9 Å². The van der Waals surface area contributed by atoms with Crippen molar-refractivity contribution in [3.05, 3.63) is 30.1 Å². The number of esters is 1. The summed E-state index contributed by atoms with van der Waals surface area (Å²) in [6.07, 6.45) is 8.39. The van der Waals surface area contributed by atoms with Crippen LogP contribution < -0.4 is 10.3 Å². The maximum atomic E-state index is 11.6. The first kappa shape index (κ1) is 17.4. The molecule has 6 heteroatoms. The minimum Gasteiger partial charge on any atom is -0.463 e. The van der Waals surface area contributed by atoms with Gasteiger partial charge in [-0.2, -0.15) is 4.57 Å². The Hall–Kier alpha value is -1.95. The van der Waals surface area contributed by atoms with Crippen molar-refractivity contribution < 1.29 is 23.6 Å². The Kier molecular flexibility index (Phi) is 6.52. The molecule has 0 aromatic carbocycles. The second-order valence-electron chi connectivity index (χ2n) is 5.83. The van der Waals surface area contributed by atoms with E-state index in [1.54, 1.807) is 18.3 Å². The third kappa shape index (κ3) is 5.32. The van der Waals surface area contributed by atoms with Crippen LogP contribution in [0.25, 0.3) is 0 Å². The number of amides is 1. The number of carbonyl (C=O) groups excluding carboxylic acids is 2. The summed E-state index contributed by atoms with van der Waals surface area (Å²) in [6, 6.07) is 3.44. The van der Waals surface area contributed by atoms with Crippen molar-refractivity contribution in [2.75, 3.05) is 6.61 Å². The summed E-state index contributed by atoms with van der Waals surface area (Å²) in [5.41, 5.74) is 5.74. The number of ether oxygens (including phenoxy) is 2. The standard InChI is InChI=1S/C17H24N2O4/c1-2-3-4-7-16(20)22-12-14-8-9-15(23-14)19-10-5-6-13(11-19)17(18)21/h5-6,10-11,14-15H,2-4,7-9,12H2,1H3,(H-,18,21)/p+1/t14-,15+/m0/s1. The van der Waals surface area contributed by atoms with Crippen LogP contribution in [0.1, 0.15) is 62.0 Å². The number of hydrogen-bond donors (Lipinski definition) is 1. The fraction of sp³-hybridized carbons (Fsp3) is 0.588. The van der Waals surface area contributed by atoms with Gasteiger partial charge in [0.25, 0.3) is 12.1 Å². The predicted octanol–water partition coefficient (Wildman–Crippen LogP) is 1.87. The summed E-state index contributed by atoms with van der Waals surface area (Å²) in [6.45, 7) is 2.39. The first-order valence-electron chi connectivity index (χ1n) is 8.22. The molecular weight excluding hydrogens is 296 g/mol. The Labute approximate surface area is 136 Å². The van der Waals surface area contributed by atoms with Crippen LogP contribution in [0.5, 0.6) is 0 Å². The molecule has 126 valence electrons. The number of primary amides is 1. The van der Waals surface area contributed by atoms with E-state index in [0.29, 0.717) is 12.0 Å². The normalized spacial score (nSPS) is 20.4. The van der Waals surface area contributed by atoms with Gasteiger partial charge in [-0.25, -0.2) is 0 Å². The van der Waals surface area contributed by atoms with E-state index in [2.05, 4.69) is 6.92 Å². The molecule has 1 amide bonds. The molecule has 2 rings (SSSR count). The van der Waals surface area contributed by atoms with Crippen LogP contribution in [-0.4, -0.2) is 24.6 Å². The molecule has 1 aliphatic heterocycles. The maximum Gasteiger partial charge on any atom is 0.305 e. The SMILES string of the molecule is CCCCCC(=O)OC[C@@H]1CC[C@H]([n+]2cccc(C(N)=O)c2)O1. The molecule has 0 radical (unpaired) electrons. The fourth-order valence-corrected chi connectivity index (χ4v) is 2.62. The van der Waals surface area contributed by atoms with E-state index in [4.69, 9.17) is 15.2 Å². The predicted molar refractivity (Wildman–Crippen MR) is 83.4 cm³/mol. The van der Waals surface area contributed by atoms with Gasteiger partial charge < -0.3 is 15.2 Å². The number of nitrogens with zero attached hydrogens (tertiary/aromatic N) is 1. The lowest BCUT2D eigenvalue weighted by Gasteiger charge is -2.11. The van der Waals surface area contributed by atoms with Gasteiger partial charge in [-0.05, 0) is 18.9 Å². The third-order valence-electron chi connectivity index (χ3n) is 3.94. The summed E-state index contributed by atoms with van der Waals surface area (Å²) in [7, 11) is 0. The zero-order chi connectivity index (χ0) is 16.7. The first-order chi connectivity index (χ1) is 11.1. The van der Waals surface area contributed by atoms with Gasteiger partial charge in [0.1, 0.15) is 12.2 Å². The van der Waals surface area contributed by atoms with Gasteiger partial charge in [-0.15, -0.1) is 0 Å². The summed E-state index contributed by atoms with van der Waals surface area (Å²) in [5.74, 6) is -0.621. The van der Waals surface area contributed by atoms with Crippen molar-refractivity contribution in [2.24, 2.45) is 5.73 Å². The molecule has 0 aliphatic carbocycles. The average molecular weight is 321 g/mol. The molecule has 2 N–H and O–H groups in total. The zero-order valence-electron chi connectivity index (χ0n) is 13.6. The quantitative estimate of drug-likeness (QED) is 0.450. The Morgan fingerprint density at radius 2 is 2.22 bits per heavy atom. The van der Waals surface area contributed by atoms with E-state index in [1.807, 2.05) is 10.8 Å². The van der Waals surface area contributed by atoms with Gasteiger partial charge in [0.15, 0.2) is 12.4 Å². The summed E-state index contributed by atoms with van der Waals surface area (Å²) in [4.78, 5) is 22.8. The minimum absolute atomic E-state index is 0.0974. The molecule has 2 atom stereocenters. The number of pyridine rings is 1. The molecule has 6 nitrogen and oxygen atoms in total. The Morgan fingerprint density at radius 3 is 2.96 bits per heavy atom. The number of carbonyl (C=O) groups is 2. The van der Waals surface area contributed by atoms with E-state index in [9.17, 15) is 9.59 Å². The highest BCUT2D eigenvalue weighted by Gasteiger charge is 2.32. The number of rotatable bonds is 8. The Bertz CT molecular complexity index is 547. The van der Waals surface area contributed by atoms with Crippen LogP contribution >= 0.6 is 0 Å². The minimum atomic E-state index is -0.463. The van der Waals surface area contributed by atoms with Gasteiger partial charge in [0, 0.05) is 18.9 Å². The lowest BCUT2D eigenvalue weighted by Crippen LogP contribution is -2.40. The second-order valence-corrected chi connectivity index (χ2v) is 5.83. The average Bonchev–Trinajstić information content (AvgIpc) is 3.02. The number of unbranched alkanes of at least 4 members (excludes halogenated alkanes) is 2. The molecule has 1 aromatic heterocycles. The van der Waals surface area contributed by atoms with Crippen LogP contribution in [0.3, 0.4) is 0 Å². The van der Waals surface area contributed by atoms with Crippen LogP contribution in [0, 0.1) is 0 Å². The van der Waals surface area contributed by atoms with Crippen LogP contribution in [0.15, 0.2) is 24.5 Å². The third-order valence-corrected chi connectivity index (χ3v) is 3.94. The van der Waals surface area contributed by atoms with Crippen molar-refractivity contribution in [1.29, 1.82) is 0 Å². The van der Waals surface area contributed by atoms with Crippen molar-refractivity contribution in [1.82, 2.24) is 0 Å². The highest BCUT2D eigenvalue weighted by Crippen LogP contribution is 2.24. The lowest BCUT2D eigenvalue weighted by molar-refractivity contribution is -0.759. The summed E-state index contributed by atoms with van der Waals surface area (Å²) >= 11 is 0. The van der Waals surface area contributed by atoms with Gasteiger partial charge in [-0.3, -0.25) is 9.59 Å². The molecular formula is C17H25N2O4+. The molecule has 1 aliphatic rings. The first-order valence-corrected chi connectivity index (χ1v) is 8.22. The van der Waals surface area contributed by atoms with Crippen molar-refractivity contribution in [3.63, 3.8) is 0 Å². The molecule has 2 heterocycles. The van der Waals surface area contributed by atoms with Gasteiger partial charge in [0.05, 0.1) is 6.10 Å². The summed E-state index contributed by atoms with van der Waals surface area (Å²) < 4.78 is 13.0. The maximum absolute atomic E-state index is 11.6. The van der Waals surface area contributed by atoms with Crippen molar-refractivity contribution in [3.8, 4) is 0 Å². The molecule has 0 bridgehead atoms. The van der Waals surface area contributed by atoms with Crippen molar-refractivity contribution >= 4 is 11.9 Å². The van der Waals surface area contributed by atoms with Gasteiger partial charge in [0.2, 0.25) is 0 Å². The molecule has 0 saturated carbocycles. The van der Waals surface area contributed by atoms with E-state index < -0.39 is 5.91 Å². The topological polar surface area (TPSA) is 82.5 Å². The van der Waals surface area contributed by atoms with Gasteiger partial charge >= 0.3 is 5.97 Å². The number of nitrogens with two attached hydrogens (primary N) is 1.